The van der Waals surface area contributed by atoms with Crippen LogP contribution in [0, 0.1) is 0 Å². The highest BCUT2D eigenvalue weighted by atomic mass is 79.9. The Bertz CT molecular complexity index is 414. The van der Waals surface area contributed by atoms with Crippen molar-refractivity contribution in [3.8, 4) is 0 Å². The van der Waals surface area contributed by atoms with Crippen LogP contribution in [0.4, 0.5) is 5.69 Å². The number of hydrogen-bond acceptors (Lipinski definition) is 2. The average molecular weight is 317 g/mol. The third-order valence-electron chi connectivity index (χ3n) is 3.57. The first-order chi connectivity index (χ1) is 8.26. The van der Waals surface area contributed by atoms with E-state index < -0.39 is 0 Å². The van der Waals surface area contributed by atoms with E-state index in [0.29, 0.717) is 12.2 Å². The SMILES string of the molecule is Clc1ccc(N2CC3CCC(C2)O3)c(CBr)c1. The zero-order valence-corrected chi connectivity index (χ0v) is 11.9. The zero-order valence-electron chi connectivity index (χ0n) is 9.53. The summed E-state index contributed by atoms with van der Waals surface area (Å²) in [5.74, 6) is 0. The molecule has 1 aromatic rings. The summed E-state index contributed by atoms with van der Waals surface area (Å²) in [5.41, 5.74) is 2.56. The summed E-state index contributed by atoms with van der Waals surface area (Å²) in [6.45, 7) is 2.02. The van der Waals surface area contributed by atoms with Crippen LogP contribution in [-0.4, -0.2) is 25.3 Å². The molecular formula is C13H15BrClNO. The monoisotopic (exact) mass is 315 g/mol. The Hall–Kier alpha value is -0.250. The molecule has 2 unspecified atom stereocenters. The number of hydrogen-bond donors (Lipinski definition) is 0. The number of rotatable bonds is 2. The molecule has 2 heterocycles. The number of nitrogens with zero attached hydrogens (tertiary/aromatic N) is 1. The molecule has 1 aromatic carbocycles. The first kappa shape index (κ1) is 11.8. The van der Waals surface area contributed by atoms with Gasteiger partial charge in [0, 0.05) is 29.1 Å². The number of alkyl halides is 1. The Labute approximate surface area is 115 Å². The van der Waals surface area contributed by atoms with Crippen LogP contribution in [0.1, 0.15) is 18.4 Å². The fourth-order valence-electron chi connectivity index (χ4n) is 2.78. The number of benzene rings is 1. The molecule has 0 radical (unpaired) electrons. The highest BCUT2D eigenvalue weighted by Crippen LogP contribution is 2.33. The molecule has 0 spiro atoms. The van der Waals surface area contributed by atoms with Crippen LogP contribution in [0.5, 0.6) is 0 Å². The maximum Gasteiger partial charge on any atom is 0.0755 e. The topological polar surface area (TPSA) is 12.5 Å². The molecule has 0 aromatic heterocycles. The first-order valence-corrected chi connectivity index (χ1v) is 7.51. The van der Waals surface area contributed by atoms with E-state index in [0.717, 1.165) is 23.4 Å². The van der Waals surface area contributed by atoms with Gasteiger partial charge in [0.2, 0.25) is 0 Å². The summed E-state index contributed by atoms with van der Waals surface area (Å²) in [5, 5.41) is 1.65. The van der Waals surface area contributed by atoms with Gasteiger partial charge in [-0.3, -0.25) is 0 Å². The molecule has 2 aliphatic heterocycles. The predicted octanol–water partition coefficient (Wildman–Crippen LogP) is 3.60. The van der Waals surface area contributed by atoms with Gasteiger partial charge in [-0.15, -0.1) is 0 Å². The molecule has 0 N–H and O–H groups in total. The van der Waals surface area contributed by atoms with Gasteiger partial charge >= 0.3 is 0 Å². The van der Waals surface area contributed by atoms with E-state index in [4.69, 9.17) is 16.3 Å². The van der Waals surface area contributed by atoms with Gasteiger partial charge in [0.25, 0.3) is 0 Å². The van der Waals surface area contributed by atoms with E-state index >= 15 is 0 Å². The Morgan fingerprint density at radius 1 is 1.29 bits per heavy atom. The minimum atomic E-state index is 0.424. The lowest BCUT2D eigenvalue weighted by molar-refractivity contribution is 0.0304. The Kier molecular flexibility index (Phi) is 3.33. The van der Waals surface area contributed by atoms with E-state index in [9.17, 15) is 0 Å². The van der Waals surface area contributed by atoms with Crippen LogP contribution in [0.15, 0.2) is 18.2 Å². The number of anilines is 1. The molecule has 0 aliphatic carbocycles. The number of morpholine rings is 1. The third-order valence-corrected chi connectivity index (χ3v) is 4.41. The highest BCUT2D eigenvalue weighted by molar-refractivity contribution is 9.08. The molecule has 2 aliphatic rings. The fraction of sp³-hybridized carbons (Fsp3) is 0.538. The normalized spacial score (nSPS) is 27.5. The van der Waals surface area contributed by atoms with Gasteiger partial charge < -0.3 is 9.64 Å². The first-order valence-electron chi connectivity index (χ1n) is 6.01. The van der Waals surface area contributed by atoms with Gasteiger partial charge in [-0.05, 0) is 36.6 Å². The standard InChI is InChI=1S/C13H15BrClNO/c14-6-9-5-10(15)1-4-13(9)16-7-11-2-3-12(8-16)17-11/h1,4-5,11-12H,2-3,6-8H2. The molecule has 2 atom stereocenters. The summed E-state index contributed by atoms with van der Waals surface area (Å²) in [7, 11) is 0. The van der Waals surface area contributed by atoms with Gasteiger partial charge in [0.1, 0.15) is 0 Å². The minimum Gasteiger partial charge on any atom is -0.371 e. The lowest BCUT2D eigenvalue weighted by Crippen LogP contribution is -2.43. The van der Waals surface area contributed by atoms with Gasteiger partial charge in [0.05, 0.1) is 12.2 Å². The molecule has 0 saturated carbocycles. The van der Waals surface area contributed by atoms with Crippen molar-refractivity contribution in [3.63, 3.8) is 0 Å². The van der Waals surface area contributed by atoms with Crippen molar-refractivity contribution in [3.05, 3.63) is 28.8 Å². The lowest BCUT2D eigenvalue weighted by atomic mass is 10.1. The smallest absolute Gasteiger partial charge is 0.0755 e. The Balaban J connectivity index is 1.88. The summed E-state index contributed by atoms with van der Waals surface area (Å²) < 4.78 is 5.87. The molecule has 2 fully saturated rings. The number of ether oxygens (including phenoxy) is 1. The second-order valence-electron chi connectivity index (χ2n) is 4.77. The van der Waals surface area contributed by atoms with E-state index in [1.807, 2.05) is 12.1 Å². The van der Waals surface area contributed by atoms with E-state index in [-0.39, 0.29) is 0 Å². The van der Waals surface area contributed by atoms with E-state index in [1.54, 1.807) is 0 Å². The van der Waals surface area contributed by atoms with Crippen LogP contribution in [0.2, 0.25) is 5.02 Å². The van der Waals surface area contributed by atoms with Crippen molar-refractivity contribution >= 4 is 33.2 Å². The minimum absolute atomic E-state index is 0.424. The van der Waals surface area contributed by atoms with E-state index in [1.165, 1.54) is 24.1 Å². The second-order valence-corrected chi connectivity index (χ2v) is 5.77. The van der Waals surface area contributed by atoms with Gasteiger partial charge in [-0.2, -0.15) is 0 Å². The largest absolute Gasteiger partial charge is 0.371 e. The van der Waals surface area contributed by atoms with Crippen molar-refractivity contribution in [2.75, 3.05) is 18.0 Å². The van der Waals surface area contributed by atoms with Crippen molar-refractivity contribution in [2.45, 2.75) is 30.4 Å². The van der Waals surface area contributed by atoms with Crippen LogP contribution in [-0.2, 0) is 10.1 Å². The number of fused-ring (bicyclic) bond motifs is 2. The van der Waals surface area contributed by atoms with Gasteiger partial charge in [-0.1, -0.05) is 27.5 Å². The van der Waals surface area contributed by atoms with Crippen molar-refractivity contribution in [2.24, 2.45) is 0 Å². The summed E-state index contributed by atoms with van der Waals surface area (Å²) in [6.07, 6.45) is 3.26. The van der Waals surface area contributed by atoms with Crippen LogP contribution < -0.4 is 4.90 Å². The summed E-state index contributed by atoms with van der Waals surface area (Å²) in [6, 6.07) is 6.15. The Morgan fingerprint density at radius 2 is 2.00 bits per heavy atom. The molecule has 17 heavy (non-hydrogen) atoms. The van der Waals surface area contributed by atoms with Gasteiger partial charge in [0.15, 0.2) is 0 Å². The molecule has 92 valence electrons. The second kappa shape index (κ2) is 4.79. The average Bonchev–Trinajstić information content (AvgIpc) is 2.68. The highest BCUT2D eigenvalue weighted by Gasteiger charge is 2.34. The molecule has 3 rings (SSSR count). The van der Waals surface area contributed by atoms with Crippen LogP contribution in [0.25, 0.3) is 0 Å². The maximum atomic E-state index is 6.04. The molecule has 2 nitrogen and oxygen atoms in total. The lowest BCUT2D eigenvalue weighted by Gasteiger charge is -2.35. The molecule has 2 saturated heterocycles. The van der Waals surface area contributed by atoms with Crippen LogP contribution >= 0.6 is 27.5 Å². The number of halogens is 2. The molecular weight excluding hydrogens is 302 g/mol. The quantitative estimate of drug-likeness (QED) is 0.773. The van der Waals surface area contributed by atoms with Crippen molar-refractivity contribution in [1.29, 1.82) is 0 Å². The fourth-order valence-corrected chi connectivity index (χ4v) is 3.42. The summed E-state index contributed by atoms with van der Waals surface area (Å²) >= 11 is 9.58. The van der Waals surface area contributed by atoms with Gasteiger partial charge in [-0.25, -0.2) is 0 Å². The maximum absolute atomic E-state index is 6.04. The Morgan fingerprint density at radius 3 is 2.65 bits per heavy atom. The molecule has 4 heteroatoms. The van der Waals surface area contributed by atoms with Crippen LogP contribution in [0.3, 0.4) is 0 Å². The third kappa shape index (κ3) is 2.33. The molecule has 0 amide bonds. The predicted molar refractivity (Wildman–Crippen MR) is 74.2 cm³/mol. The zero-order chi connectivity index (χ0) is 11.8. The van der Waals surface area contributed by atoms with E-state index in [2.05, 4.69) is 26.9 Å². The summed E-state index contributed by atoms with van der Waals surface area (Å²) in [4.78, 5) is 2.44. The van der Waals surface area contributed by atoms with Crippen molar-refractivity contribution in [1.82, 2.24) is 0 Å². The molecule has 2 bridgehead atoms. The van der Waals surface area contributed by atoms with Crippen molar-refractivity contribution < 1.29 is 4.74 Å².